The third-order valence-electron chi connectivity index (χ3n) is 6.91. The van der Waals surface area contributed by atoms with Crippen LogP contribution in [0, 0.1) is 5.92 Å². The monoisotopic (exact) mass is 466 g/mol. The Morgan fingerprint density at radius 2 is 1.88 bits per heavy atom. The number of anilines is 1. The largest absolute Gasteiger partial charge is 0.497 e. The van der Waals surface area contributed by atoms with Crippen LogP contribution in [0.3, 0.4) is 0 Å². The number of carboxylic acid groups (broad SMARTS) is 1. The zero-order valence-electron chi connectivity index (χ0n) is 19.7. The summed E-state index contributed by atoms with van der Waals surface area (Å²) in [6, 6.07) is 13.5. The van der Waals surface area contributed by atoms with Crippen molar-refractivity contribution in [1.29, 1.82) is 0 Å². The Kier molecular flexibility index (Phi) is 8.06. The summed E-state index contributed by atoms with van der Waals surface area (Å²) in [4.78, 5) is 27.4. The van der Waals surface area contributed by atoms with Gasteiger partial charge in [-0.25, -0.2) is 0 Å². The van der Waals surface area contributed by atoms with E-state index in [1.165, 1.54) is 32.1 Å². The molecule has 2 atom stereocenters. The second-order valence-electron chi connectivity index (χ2n) is 9.24. The molecule has 2 aromatic rings. The Labute approximate surface area is 201 Å². The molecular formula is C27H34N2O5. The van der Waals surface area contributed by atoms with Crippen molar-refractivity contribution in [1.82, 2.24) is 5.32 Å². The van der Waals surface area contributed by atoms with Crippen LogP contribution in [0.4, 0.5) is 5.69 Å². The fraction of sp³-hybridized carbons (Fsp3) is 0.481. The number of ether oxygens (including phenoxy) is 2. The molecule has 0 spiro atoms. The third-order valence-corrected chi connectivity index (χ3v) is 6.91. The molecule has 2 aliphatic rings. The van der Waals surface area contributed by atoms with Crippen LogP contribution in [0.1, 0.15) is 50.5 Å². The molecule has 1 fully saturated rings. The summed E-state index contributed by atoms with van der Waals surface area (Å²) in [5, 5.41) is 13.0. The molecule has 1 aliphatic heterocycles. The Balaban J connectivity index is 1.50. The van der Waals surface area contributed by atoms with Crippen molar-refractivity contribution in [2.45, 2.75) is 63.6 Å². The van der Waals surface area contributed by atoms with Gasteiger partial charge in [-0.3, -0.25) is 14.9 Å². The Bertz CT molecular complexity index is 971. The molecule has 0 unspecified atom stereocenters. The van der Waals surface area contributed by atoms with E-state index in [0.717, 1.165) is 17.7 Å². The summed E-state index contributed by atoms with van der Waals surface area (Å²) in [7, 11) is 1.62. The molecule has 2 N–H and O–H groups in total. The molecule has 1 saturated carbocycles. The number of methoxy groups -OCH3 is 1. The van der Waals surface area contributed by atoms with Crippen LogP contribution in [0.2, 0.25) is 0 Å². The van der Waals surface area contributed by atoms with Crippen LogP contribution in [0.15, 0.2) is 48.5 Å². The Morgan fingerprint density at radius 1 is 1.15 bits per heavy atom. The van der Waals surface area contributed by atoms with Gasteiger partial charge in [-0.05, 0) is 48.6 Å². The second-order valence-corrected chi connectivity index (χ2v) is 9.24. The van der Waals surface area contributed by atoms with Gasteiger partial charge in [0.15, 0.2) is 0 Å². The molecule has 7 heteroatoms. The van der Waals surface area contributed by atoms with Crippen LogP contribution in [-0.2, 0) is 16.1 Å². The standard InChI is InChI=1S/C27H34N2O5/c1-33-21-14-11-20(12-15-21)17-29-24-9-5-6-10-25(24)34-18-23(26(29)30)28-22(27(31)32)16-13-19-7-3-2-4-8-19/h5-6,9-12,14-15,19,22-23,28H,2-4,7-8,13,16-18H2,1H3,(H,31,32)/t22-,23-/m0/s1. The first-order valence-corrected chi connectivity index (χ1v) is 12.2. The Hall–Kier alpha value is -3.06. The van der Waals surface area contributed by atoms with Gasteiger partial charge in [0.1, 0.15) is 30.2 Å². The molecule has 0 aromatic heterocycles. The van der Waals surface area contributed by atoms with Gasteiger partial charge < -0.3 is 19.5 Å². The van der Waals surface area contributed by atoms with E-state index in [9.17, 15) is 14.7 Å². The number of fused-ring (bicyclic) bond motifs is 1. The second kappa shape index (κ2) is 11.4. The van der Waals surface area contributed by atoms with Crippen molar-refractivity contribution < 1.29 is 24.2 Å². The lowest BCUT2D eigenvalue weighted by Gasteiger charge is -2.28. The van der Waals surface area contributed by atoms with Gasteiger partial charge in [0, 0.05) is 0 Å². The number of amides is 1. The molecule has 1 amide bonds. The number of carbonyl (C=O) groups is 2. The number of carboxylic acids is 1. The van der Waals surface area contributed by atoms with Gasteiger partial charge in [0.25, 0.3) is 0 Å². The number of para-hydroxylation sites is 2. The van der Waals surface area contributed by atoms with Crippen molar-refractivity contribution in [2.24, 2.45) is 5.92 Å². The van der Waals surface area contributed by atoms with Crippen LogP contribution in [0.25, 0.3) is 0 Å². The highest BCUT2D eigenvalue weighted by atomic mass is 16.5. The normalized spacial score (nSPS) is 19.6. The van der Waals surface area contributed by atoms with Gasteiger partial charge in [-0.15, -0.1) is 0 Å². The van der Waals surface area contributed by atoms with Gasteiger partial charge in [-0.1, -0.05) is 56.4 Å². The summed E-state index contributed by atoms with van der Waals surface area (Å²) in [6.45, 7) is 0.434. The first-order valence-electron chi connectivity index (χ1n) is 12.2. The number of hydrogen-bond acceptors (Lipinski definition) is 5. The number of nitrogens with zero attached hydrogens (tertiary/aromatic N) is 1. The highest BCUT2D eigenvalue weighted by Gasteiger charge is 2.34. The number of aliphatic carboxylic acids is 1. The predicted octanol–water partition coefficient (Wildman–Crippen LogP) is 4.39. The minimum absolute atomic E-state index is 0.0855. The van der Waals surface area contributed by atoms with E-state index in [-0.39, 0.29) is 12.5 Å². The lowest BCUT2D eigenvalue weighted by Crippen LogP contribution is -2.53. The van der Waals surface area contributed by atoms with Crippen LogP contribution < -0.4 is 19.7 Å². The van der Waals surface area contributed by atoms with Crippen LogP contribution in [-0.4, -0.2) is 42.8 Å². The molecule has 4 rings (SSSR count). The van der Waals surface area contributed by atoms with E-state index < -0.39 is 18.1 Å². The number of rotatable bonds is 9. The molecule has 1 heterocycles. The van der Waals surface area contributed by atoms with E-state index in [2.05, 4.69) is 5.32 Å². The fourth-order valence-electron chi connectivity index (χ4n) is 4.95. The van der Waals surface area contributed by atoms with Crippen molar-refractivity contribution in [3.8, 4) is 11.5 Å². The van der Waals surface area contributed by atoms with Gasteiger partial charge in [0.2, 0.25) is 5.91 Å². The number of benzene rings is 2. The highest BCUT2D eigenvalue weighted by Crippen LogP contribution is 2.33. The maximum absolute atomic E-state index is 13.7. The molecule has 0 bridgehead atoms. The van der Waals surface area contributed by atoms with E-state index in [1.54, 1.807) is 12.0 Å². The molecular weight excluding hydrogens is 432 g/mol. The van der Waals surface area contributed by atoms with Crippen LogP contribution >= 0.6 is 0 Å². The highest BCUT2D eigenvalue weighted by molar-refractivity contribution is 5.99. The van der Waals surface area contributed by atoms with E-state index in [4.69, 9.17) is 9.47 Å². The van der Waals surface area contributed by atoms with Crippen molar-refractivity contribution in [3.63, 3.8) is 0 Å². The smallest absolute Gasteiger partial charge is 0.320 e. The fourth-order valence-corrected chi connectivity index (χ4v) is 4.95. The van der Waals surface area contributed by atoms with Gasteiger partial charge in [-0.2, -0.15) is 0 Å². The van der Waals surface area contributed by atoms with E-state index >= 15 is 0 Å². The average molecular weight is 467 g/mol. The minimum Gasteiger partial charge on any atom is -0.497 e. The molecule has 0 saturated heterocycles. The van der Waals surface area contributed by atoms with Crippen LogP contribution in [0.5, 0.6) is 11.5 Å². The number of carbonyl (C=O) groups excluding carboxylic acids is 1. The molecule has 182 valence electrons. The van der Waals surface area contributed by atoms with Crippen molar-refractivity contribution in [3.05, 3.63) is 54.1 Å². The average Bonchev–Trinajstić information content (AvgIpc) is 2.99. The topological polar surface area (TPSA) is 88.1 Å². The SMILES string of the molecule is COc1ccc(CN2C(=O)[C@@H](N[C@@H](CCC3CCCCC3)C(=O)O)COc3ccccc32)cc1. The zero-order chi connectivity index (χ0) is 23.9. The lowest BCUT2D eigenvalue weighted by atomic mass is 9.85. The molecule has 7 nitrogen and oxygen atoms in total. The molecule has 0 radical (unpaired) electrons. The summed E-state index contributed by atoms with van der Waals surface area (Å²) in [6.07, 6.45) is 7.44. The predicted molar refractivity (Wildman–Crippen MR) is 130 cm³/mol. The van der Waals surface area contributed by atoms with Gasteiger partial charge in [0.05, 0.1) is 19.3 Å². The third kappa shape index (κ3) is 5.89. The summed E-state index contributed by atoms with van der Waals surface area (Å²) < 4.78 is 11.2. The molecule has 1 aliphatic carbocycles. The maximum Gasteiger partial charge on any atom is 0.320 e. The van der Waals surface area contributed by atoms with Crippen molar-refractivity contribution >= 4 is 17.6 Å². The first kappa shape index (κ1) is 24.1. The van der Waals surface area contributed by atoms with E-state index in [1.807, 2.05) is 48.5 Å². The maximum atomic E-state index is 13.7. The molecule has 2 aromatic carbocycles. The minimum atomic E-state index is -0.924. The number of nitrogens with one attached hydrogen (secondary N) is 1. The number of hydrogen-bond donors (Lipinski definition) is 2. The Morgan fingerprint density at radius 3 is 2.59 bits per heavy atom. The zero-order valence-corrected chi connectivity index (χ0v) is 19.7. The quantitative estimate of drug-likeness (QED) is 0.570. The van der Waals surface area contributed by atoms with Gasteiger partial charge >= 0.3 is 5.97 Å². The lowest BCUT2D eigenvalue weighted by molar-refractivity contribution is -0.140. The summed E-state index contributed by atoms with van der Waals surface area (Å²) in [5.41, 5.74) is 1.62. The molecule has 34 heavy (non-hydrogen) atoms. The van der Waals surface area contributed by atoms with E-state index in [0.29, 0.717) is 30.3 Å². The first-order chi connectivity index (χ1) is 16.5. The summed E-state index contributed by atoms with van der Waals surface area (Å²) in [5.74, 6) is 0.824. The van der Waals surface area contributed by atoms with Crippen molar-refractivity contribution in [2.75, 3.05) is 18.6 Å². The summed E-state index contributed by atoms with van der Waals surface area (Å²) >= 11 is 0.